The summed E-state index contributed by atoms with van der Waals surface area (Å²) in [5.74, 6) is 0. The summed E-state index contributed by atoms with van der Waals surface area (Å²) >= 11 is 0. The lowest BCUT2D eigenvalue weighted by Crippen LogP contribution is -2.51. The zero-order valence-electron chi connectivity index (χ0n) is 8.66. The van der Waals surface area contributed by atoms with Gasteiger partial charge in [-0.1, -0.05) is 6.92 Å². The Kier molecular flexibility index (Phi) is 4.20. The summed E-state index contributed by atoms with van der Waals surface area (Å²) in [6.45, 7) is 6.65. The topological polar surface area (TPSA) is 30.3 Å². The van der Waals surface area contributed by atoms with E-state index < -0.39 is 0 Å². The first-order chi connectivity index (χ1) is 6.27. The minimum atomic E-state index is 0.462. The van der Waals surface area contributed by atoms with Gasteiger partial charge in [-0.2, -0.15) is 5.26 Å². The molecule has 1 atom stereocenters. The molecule has 0 aromatic carbocycles. The van der Waals surface area contributed by atoms with Gasteiger partial charge in [-0.3, -0.25) is 4.90 Å². The molecule has 1 aliphatic heterocycles. The van der Waals surface area contributed by atoms with Crippen molar-refractivity contribution in [1.29, 1.82) is 5.26 Å². The molecular formula is C10H19N3. The Labute approximate surface area is 80.9 Å². The van der Waals surface area contributed by atoms with E-state index in [2.05, 4.69) is 29.8 Å². The van der Waals surface area contributed by atoms with Gasteiger partial charge in [-0.25, -0.2) is 0 Å². The highest BCUT2D eigenvalue weighted by Gasteiger charge is 2.23. The third-order valence-electron chi connectivity index (χ3n) is 2.65. The van der Waals surface area contributed by atoms with Crippen LogP contribution in [0.4, 0.5) is 0 Å². The number of nitrogens with zero attached hydrogens (tertiary/aromatic N) is 3. The number of rotatable bonds is 3. The minimum absolute atomic E-state index is 0.462. The molecule has 0 spiro atoms. The van der Waals surface area contributed by atoms with Crippen LogP contribution in [0.5, 0.6) is 0 Å². The summed E-state index contributed by atoms with van der Waals surface area (Å²) < 4.78 is 0. The lowest BCUT2D eigenvalue weighted by molar-refractivity contribution is 0.0925. The third kappa shape index (κ3) is 2.98. The molecule has 1 fully saturated rings. The van der Waals surface area contributed by atoms with Crippen molar-refractivity contribution in [3.05, 3.63) is 0 Å². The standard InChI is InChI=1S/C10H19N3/c1-3-6-13-8-7-12(2)9-10(13)4-5-11/h10H,3-4,6-9H2,1-2H3. The van der Waals surface area contributed by atoms with Crippen LogP contribution in [0.25, 0.3) is 0 Å². The Morgan fingerprint density at radius 2 is 2.23 bits per heavy atom. The van der Waals surface area contributed by atoms with Crippen molar-refractivity contribution in [3.8, 4) is 6.07 Å². The molecule has 0 bridgehead atoms. The molecule has 1 unspecified atom stereocenters. The number of hydrogen-bond acceptors (Lipinski definition) is 3. The van der Waals surface area contributed by atoms with Gasteiger partial charge in [-0.05, 0) is 20.0 Å². The van der Waals surface area contributed by atoms with E-state index in [9.17, 15) is 0 Å². The highest BCUT2D eigenvalue weighted by molar-refractivity contribution is 4.87. The number of hydrogen-bond donors (Lipinski definition) is 0. The van der Waals surface area contributed by atoms with Crippen LogP contribution in [0.2, 0.25) is 0 Å². The first-order valence-electron chi connectivity index (χ1n) is 5.07. The van der Waals surface area contributed by atoms with E-state index in [1.165, 1.54) is 6.42 Å². The monoisotopic (exact) mass is 181 g/mol. The molecule has 1 heterocycles. The Hall–Kier alpha value is -0.590. The van der Waals surface area contributed by atoms with Gasteiger partial charge in [0, 0.05) is 25.7 Å². The Bertz CT molecular complexity index is 185. The molecule has 0 aromatic heterocycles. The lowest BCUT2D eigenvalue weighted by Gasteiger charge is -2.38. The maximum atomic E-state index is 8.70. The van der Waals surface area contributed by atoms with Gasteiger partial charge < -0.3 is 4.90 Å². The maximum Gasteiger partial charge on any atom is 0.0638 e. The van der Waals surface area contributed by atoms with Crippen molar-refractivity contribution >= 4 is 0 Å². The van der Waals surface area contributed by atoms with E-state index in [0.29, 0.717) is 12.5 Å². The maximum absolute atomic E-state index is 8.70. The fourth-order valence-corrected chi connectivity index (χ4v) is 1.93. The van der Waals surface area contributed by atoms with Gasteiger partial charge in [0.05, 0.1) is 12.5 Å². The van der Waals surface area contributed by atoms with Gasteiger partial charge in [0.2, 0.25) is 0 Å². The molecule has 0 amide bonds. The van der Waals surface area contributed by atoms with Crippen LogP contribution in [0, 0.1) is 11.3 Å². The van der Waals surface area contributed by atoms with Crippen molar-refractivity contribution in [2.45, 2.75) is 25.8 Å². The number of likely N-dealkylation sites (N-methyl/N-ethyl adjacent to an activating group) is 1. The van der Waals surface area contributed by atoms with Crippen molar-refractivity contribution in [2.75, 3.05) is 33.2 Å². The van der Waals surface area contributed by atoms with Crippen LogP contribution in [0.15, 0.2) is 0 Å². The van der Waals surface area contributed by atoms with E-state index in [4.69, 9.17) is 5.26 Å². The molecule has 0 saturated carbocycles. The molecular weight excluding hydrogens is 162 g/mol. The third-order valence-corrected chi connectivity index (χ3v) is 2.65. The van der Waals surface area contributed by atoms with Crippen LogP contribution >= 0.6 is 0 Å². The van der Waals surface area contributed by atoms with Crippen LogP contribution < -0.4 is 0 Å². The quantitative estimate of drug-likeness (QED) is 0.649. The fraction of sp³-hybridized carbons (Fsp3) is 0.900. The second kappa shape index (κ2) is 5.21. The zero-order valence-corrected chi connectivity index (χ0v) is 8.66. The molecule has 3 nitrogen and oxygen atoms in total. The summed E-state index contributed by atoms with van der Waals surface area (Å²) in [6, 6.07) is 2.74. The highest BCUT2D eigenvalue weighted by atomic mass is 15.3. The molecule has 0 aliphatic carbocycles. The molecule has 1 aliphatic rings. The molecule has 74 valence electrons. The van der Waals surface area contributed by atoms with Crippen LogP contribution in [-0.2, 0) is 0 Å². The molecule has 1 rings (SSSR count). The van der Waals surface area contributed by atoms with Gasteiger partial charge in [0.1, 0.15) is 0 Å². The second-order valence-corrected chi connectivity index (χ2v) is 3.81. The summed E-state index contributed by atoms with van der Waals surface area (Å²) in [7, 11) is 2.13. The van der Waals surface area contributed by atoms with E-state index >= 15 is 0 Å². The second-order valence-electron chi connectivity index (χ2n) is 3.81. The molecule has 3 heteroatoms. The molecule has 0 N–H and O–H groups in total. The molecule has 0 radical (unpaired) electrons. The number of piperazine rings is 1. The van der Waals surface area contributed by atoms with Crippen molar-refractivity contribution in [1.82, 2.24) is 9.80 Å². The van der Waals surface area contributed by atoms with Crippen LogP contribution in [-0.4, -0.2) is 49.1 Å². The van der Waals surface area contributed by atoms with Gasteiger partial charge in [0.15, 0.2) is 0 Å². The van der Waals surface area contributed by atoms with Crippen molar-refractivity contribution < 1.29 is 0 Å². The Morgan fingerprint density at radius 1 is 1.46 bits per heavy atom. The van der Waals surface area contributed by atoms with E-state index in [0.717, 1.165) is 26.2 Å². The largest absolute Gasteiger partial charge is 0.304 e. The molecule has 13 heavy (non-hydrogen) atoms. The van der Waals surface area contributed by atoms with Crippen LogP contribution in [0.3, 0.4) is 0 Å². The summed E-state index contributed by atoms with van der Waals surface area (Å²) in [6.07, 6.45) is 1.86. The van der Waals surface area contributed by atoms with Crippen LogP contribution in [0.1, 0.15) is 19.8 Å². The Balaban J connectivity index is 2.45. The fourth-order valence-electron chi connectivity index (χ4n) is 1.93. The van der Waals surface area contributed by atoms with E-state index in [1.807, 2.05) is 0 Å². The normalized spacial score (nSPS) is 25.8. The van der Waals surface area contributed by atoms with Gasteiger partial charge >= 0.3 is 0 Å². The van der Waals surface area contributed by atoms with E-state index in [-0.39, 0.29) is 0 Å². The lowest BCUT2D eigenvalue weighted by atomic mass is 10.1. The van der Waals surface area contributed by atoms with Gasteiger partial charge in [0.25, 0.3) is 0 Å². The average Bonchev–Trinajstić information content (AvgIpc) is 2.10. The van der Waals surface area contributed by atoms with Gasteiger partial charge in [-0.15, -0.1) is 0 Å². The Morgan fingerprint density at radius 3 is 2.85 bits per heavy atom. The summed E-state index contributed by atoms with van der Waals surface area (Å²) in [4.78, 5) is 4.76. The molecule has 0 aromatic rings. The smallest absolute Gasteiger partial charge is 0.0638 e. The SMILES string of the molecule is CCCN1CCN(C)CC1CC#N. The first-order valence-corrected chi connectivity index (χ1v) is 5.07. The number of nitriles is 1. The van der Waals surface area contributed by atoms with E-state index in [1.54, 1.807) is 0 Å². The van der Waals surface area contributed by atoms with Crippen molar-refractivity contribution in [3.63, 3.8) is 0 Å². The summed E-state index contributed by atoms with van der Waals surface area (Å²) in [5, 5.41) is 8.70. The predicted molar refractivity (Wildman–Crippen MR) is 53.4 cm³/mol. The summed E-state index contributed by atoms with van der Waals surface area (Å²) in [5.41, 5.74) is 0. The van der Waals surface area contributed by atoms with Crippen molar-refractivity contribution in [2.24, 2.45) is 0 Å². The zero-order chi connectivity index (χ0) is 9.68. The molecule has 1 saturated heterocycles. The first kappa shape index (κ1) is 10.5. The highest BCUT2D eigenvalue weighted by Crippen LogP contribution is 2.11. The minimum Gasteiger partial charge on any atom is -0.304 e. The average molecular weight is 181 g/mol. The predicted octanol–water partition coefficient (Wildman–Crippen LogP) is 0.926.